The Kier molecular flexibility index (Phi) is 11.7. The molecule has 0 aliphatic rings. The lowest BCUT2D eigenvalue weighted by Crippen LogP contribution is -2.57. The molecular weight excluding hydrogens is 420 g/mol. The number of amides is 3. The number of aliphatic carboxylic acids is 1. The zero-order chi connectivity index (χ0) is 23.4. The van der Waals surface area contributed by atoms with Gasteiger partial charge in [0.2, 0.25) is 17.7 Å². The van der Waals surface area contributed by atoms with Crippen molar-refractivity contribution in [3.05, 3.63) is 35.9 Å². The smallest absolute Gasteiger partial charge is 0.322 e. The number of carboxylic acids is 1. The van der Waals surface area contributed by atoms with Crippen LogP contribution in [0.25, 0.3) is 0 Å². The fourth-order valence-electron chi connectivity index (χ4n) is 2.69. The minimum Gasteiger partial charge on any atom is -0.480 e. The summed E-state index contributed by atoms with van der Waals surface area (Å²) < 4.78 is 0. The maximum absolute atomic E-state index is 13.0. The van der Waals surface area contributed by atoms with E-state index in [2.05, 4.69) is 16.0 Å². The maximum Gasteiger partial charge on any atom is 0.322 e. The first kappa shape index (κ1) is 26.4. The summed E-state index contributed by atoms with van der Waals surface area (Å²) in [6.07, 6.45) is 2.39. The first-order valence-corrected chi connectivity index (χ1v) is 11.4. The van der Waals surface area contributed by atoms with Crippen molar-refractivity contribution >= 4 is 35.5 Å². The van der Waals surface area contributed by atoms with Crippen LogP contribution in [0.1, 0.15) is 25.8 Å². The molecule has 0 spiro atoms. The SMILES string of the molecule is CSCCC(NC(=O)C(Cc1ccccc1)NC(=O)C(N)C(C)C)C(=O)NCC(=O)O. The Morgan fingerprint density at radius 1 is 1.00 bits per heavy atom. The van der Waals surface area contributed by atoms with Crippen molar-refractivity contribution in [2.75, 3.05) is 18.6 Å². The number of carbonyl (C=O) groups is 4. The number of nitrogens with two attached hydrogens (primary N) is 1. The molecule has 172 valence electrons. The molecule has 31 heavy (non-hydrogen) atoms. The third kappa shape index (κ3) is 9.84. The van der Waals surface area contributed by atoms with E-state index in [0.717, 1.165) is 5.56 Å². The van der Waals surface area contributed by atoms with E-state index in [4.69, 9.17) is 10.8 Å². The van der Waals surface area contributed by atoms with Crippen LogP contribution in [0.15, 0.2) is 30.3 Å². The summed E-state index contributed by atoms with van der Waals surface area (Å²) in [6, 6.07) is 6.52. The second-order valence-electron chi connectivity index (χ2n) is 7.47. The Balaban J connectivity index is 2.98. The van der Waals surface area contributed by atoms with Crippen LogP contribution < -0.4 is 21.7 Å². The normalized spacial score (nSPS) is 13.7. The largest absolute Gasteiger partial charge is 0.480 e. The fraction of sp³-hybridized carbons (Fsp3) is 0.524. The van der Waals surface area contributed by atoms with Gasteiger partial charge in [-0.15, -0.1) is 0 Å². The van der Waals surface area contributed by atoms with Crippen LogP contribution in [0.3, 0.4) is 0 Å². The molecule has 3 amide bonds. The molecule has 0 aliphatic heterocycles. The van der Waals surface area contributed by atoms with Gasteiger partial charge in [0.1, 0.15) is 18.6 Å². The molecule has 1 aromatic carbocycles. The lowest BCUT2D eigenvalue weighted by Gasteiger charge is -2.25. The van der Waals surface area contributed by atoms with E-state index in [1.54, 1.807) is 0 Å². The predicted molar refractivity (Wildman–Crippen MR) is 120 cm³/mol. The van der Waals surface area contributed by atoms with Gasteiger partial charge in [0.15, 0.2) is 0 Å². The number of carbonyl (C=O) groups excluding carboxylic acids is 3. The summed E-state index contributed by atoms with van der Waals surface area (Å²) >= 11 is 1.49. The van der Waals surface area contributed by atoms with Gasteiger partial charge in [0, 0.05) is 6.42 Å². The van der Waals surface area contributed by atoms with Gasteiger partial charge < -0.3 is 26.8 Å². The lowest BCUT2D eigenvalue weighted by molar-refractivity contribution is -0.138. The van der Waals surface area contributed by atoms with Crippen LogP contribution in [-0.4, -0.2) is 65.5 Å². The summed E-state index contributed by atoms with van der Waals surface area (Å²) in [4.78, 5) is 48.6. The monoisotopic (exact) mass is 452 g/mol. The third-order valence-corrected chi connectivity index (χ3v) is 5.24. The van der Waals surface area contributed by atoms with Crippen LogP contribution in [0.5, 0.6) is 0 Å². The Bertz CT molecular complexity index is 745. The highest BCUT2D eigenvalue weighted by molar-refractivity contribution is 7.98. The number of nitrogens with one attached hydrogen (secondary N) is 3. The molecule has 1 aromatic rings. The molecule has 9 nitrogen and oxygen atoms in total. The van der Waals surface area contributed by atoms with Crippen molar-refractivity contribution in [1.82, 2.24) is 16.0 Å². The van der Waals surface area contributed by atoms with Gasteiger partial charge in [0.05, 0.1) is 6.04 Å². The molecule has 10 heteroatoms. The summed E-state index contributed by atoms with van der Waals surface area (Å²) in [5.74, 6) is -2.30. The fourth-order valence-corrected chi connectivity index (χ4v) is 3.16. The third-order valence-electron chi connectivity index (χ3n) is 4.59. The van der Waals surface area contributed by atoms with E-state index in [0.29, 0.717) is 12.2 Å². The molecule has 0 aromatic heterocycles. The van der Waals surface area contributed by atoms with Gasteiger partial charge in [-0.2, -0.15) is 11.8 Å². The van der Waals surface area contributed by atoms with Gasteiger partial charge in [-0.25, -0.2) is 0 Å². The number of thioether (sulfide) groups is 1. The average Bonchev–Trinajstić information content (AvgIpc) is 2.74. The number of benzene rings is 1. The summed E-state index contributed by atoms with van der Waals surface area (Å²) in [6.45, 7) is 3.07. The molecule has 0 bridgehead atoms. The van der Waals surface area contributed by atoms with Crippen molar-refractivity contribution in [2.24, 2.45) is 11.7 Å². The summed E-state index contributed by atoms with van der Waals surface area (Å²) in [5.41, 5.74) is 6.75. The predicted octanol–water partition coefficient (Wildman–Crippen LogP) is 0.136. The highest BCUT2D eigenvalue weighted by Gasteiger charge is 2.29. The molecular formula is C21H32N4O5S. The molecule has 1 rings (SSSR count). The number of hydrogen-bond acceptors (Lipinski definition) is 6. The number of hydrogen-bond donors (Lipinski definition) is 5. The van der Waals surface area contributed by atoms with E-state index in [1.165, 1.54) is 11.8 Å². The molecule has 6 N–H and O–H groups in total. The van der Waals surface area contributed by atoms with E-state index < -0.39 is 48.4 Å². The number of carboxylic acid groups (broad SMARTS) is 1. The van der Waals surface area contributed by atoms with Gasteiger partial charge in [-0.05, 0) is 29.9 Å². The molecule has 3 atom stereocenters. The molecule has 0 aliphatic carbocycles. The van der Waals surface area contributed by atoms with Crippen molar-refractivity contribution in [3.8, 4) is 0 Å². The lowest BCUT2D eigenvalue weighted by atomic mass is 10.0. The van der Waals surface area contributed by atoms with Gasteiger partial charge in [-0.1, -0.05) is 44.2 Å². The quantitative estimate of drug-likeness (QED) is 0.285. The molecule has 0 radical (unpaired) electrons. The zero-order valence-electron chi connectivity index (χ0n) is 18.1. The van der Waals surface area contributed by atoms with Crippen LogP contribution in [0, 0.1) is 5.92 Å². The maximum atomic E-state index is 13.0. The van der Waals surface area contributed by atoms with E-state index in [-0.39, 0.29) is 12.3 Å². The summed E-state index contributed by atoms with van der Waals surface area (Å²) in [7, 11) is 0. The zero-order valence-corrected chi connectivity index (χ0v) is 18.9. The number of rotatable bonds is 13. The molecule has 0 saturated carbocycles. The Hall–Kier alpha value is -2.59. The highest BCUT2D eigenvalue weighted by Crippen LogP contribution is 2.07. The van der Waals surface area contributed by atoms with Crippen molar-refractivity contribution in [1.29, 1.82) is 0 Å². The minimum atomic E-state index is -1.18. The van der Waals surface area contributed by atoms with Gasteiger partial charge >= 0.3 is 5.97 Å². The second kappa shape index (κ2) is 13.7. The summed E-state index contributed by atoms with van der Waals surface area (Å²) in [5, 5.41) is 16.4. The van der Waals surface area contributed by atoms with E-state index >= 15 is 0 Å². The van der Waals surface area contributed by atoms with Gasteiger partial charge in [-0.3, -0.25) is 19.2 Å². The van der Waals surface area contributed by atoms with Gasteiger partial charge in [0.25, 0.3) is 0 Å². The topological polar surface area (TPSA) is 151 Å². The molecule has 3 unspecified atom stereocenters. The second-order valence-corrected chi connectivity index (χ2v) is 8.46. The van der Waals surface area contributed by atoms with E-state index in [1.807, 2.05) is 50.4 Å². The average molecular weight is 453 g/mol. The van der Waals surface area contributed by atoms with Crippen molar-refractivity contribution in [2.45, 2.75) is 44.8 Å². The Morgan fingerprint density at radius 3 is 2.16 bits per heavy atom. The van der Waals surface area contributed by atoms with Crippen LogP contribution in [0.2, 0.25) is 0 Å². The molecule has 0 heterocycles. The first-order chi connectivity index (χ1) is 14.6. The van der Waals surface area contributed by atoms with Crippen molar-refractivity contribution in [3.63, 3.8) is 0 Å². The Labute approximate surface area is 186 Å². The van der Waals surface area contributed by atoms with Crippen molar-refractivity contribution < 1.29 is 24.3 Å². The van der Waals surface area contributed by atoms with Crippen LogP contribution >= 0.6 is 11.8 Å². The Morgan fingerprint density at radius 2 is 1.61 bits per heavy atom. The first-order valence-electron chi connectivity index (χ1n) is 10.0. The molecule has 0 saturated heterocycles. The van der Waals surface area contributed by atoms with E-state index in [9.17, 15) is 19.2 Å². The van der Waals surface area contributed by atoms with Crippen LogP contribution in [0.4, 0.5) is 0 Å². The molecule has 0 fully saturated rings. The highest BCUT2D eigenvalue weighted by atomic mass is 32.2. The van der Waals surface area contributed by atoms with Crippen LogP contribution in [-0.2, 0) is 25.6 Å². The minimum absolute atomic E-state index is 0.114. The standard InChI is InChI=1S/C21H32N4O5S/c1-13(2)18(22)21(30)25-16(11-14-7-5-4-6-8-14)20(29)24-15(9-10-31-3)19(28)23-12-17(26)27/h4-8,13,15-16,18H,9-12,22H2,1-3H3,(H,23,28)(H,24,29)(H,25,30)(H,26,27).